The summed E-state index contributed by atoms with van der Waals surface area (Å²) in [4.78, 5) is 54.1. The zero-order chi connectivity index (χ0) is 43.1. The Morgan fingerprint density at radius 1 is 0.655 bits per heavy atom. The van der Waals surface area contributed by atoms with Crippen LogP contribution in [0.25, 0.3) is 0 Å². The molecule has 4 aliphatic rings. The molecule has 3 atom stereocenters. The van der Waals surface area contributed by atoms with E-state index < -0.39 is 5.82 Å². The quantitative estimate of drug-likeness (QED) is 0.176. The first kappa shape index (κ1) is 51.3. The summed E-state index contributed by atoms with van der Waals surface area (Å²) in [5, 5.41) is 0. The second-order valence-corrected chi connectivity index (χ2v) is 16.8. The van der Waals surface area contributed by atoms with Gasteiger partial charge in [0.25, 0.3) is 0 Å². The van der Waals surface area contributed by atoms with Crippen molar-refractivity contribution in [2.24, 2.45) is 41.4 Å². The fourth-order valence-corrected chi connectivity index (χ4v) is 5.89. The summed E-state index contributed by atoms with van der Waals surface area (Å²) in [5.41, 5.74) is 2.85. The normalized spacial score (nSPS) is 17.6. The number of rotatable bonds is 9. The Labute approximate surface area is 346 Å². The van der Waals surface area contributed by atoms with E-state index in [-0.39, 0.29) is 37.4 Å². The Bertz CT molecular complexity index is 1810. The molecule has 11 heteroatoms. The van der Waals surface area contributed by atoms with Gasteiger partial charge in [0.1, 0.15) is 34.9 Å². The second kappa shape index (κ2) is 24.3. The summed E-state index contributed by atoms with van der Waals surface area (Å²) in [6, 6.07) is 7.59. The highest BCUT2D eigenvalue weighted by atomic mass is 16.6. The van der Waals surface area contributed by atoms with Crippen LogP contribution in [0.4, 0.5) is 0 Å². The van der Waals surface area contributed by atoms with Crippen LogP contribution in [0.5, 0.6) is 0 Å². The van der Waals surface area contributed by atoms with Gasteiger partial charge in [0.05, 0.1) is 24.8 Å². The Kier molecular flexibility index (Phi) is 21.5. The minimum Gasteiger partial charge on any atom is -0.454 e. The zero-order valence-corrected chi connectivity index (χ0v) is 36.6. The lowest BCUT2D eigenvalue weighted by Gasteiger charge is -2.16. The first-order valence-electron chi connectivity index (χ1n) is 20.2. The van der Waals surface area contributed by atoms with Gasteiger partial charge in [-0.15, -0.1) is 0 Å². The maximum absolute atomic E-state index is 11.4. The molecular formula is C47H70O11. The van der Waals surface area contributed by atoms with Gasteiger partial charge in [-0.1, -0.05) is 109 Å². The molecule has 0 fully saturated rings. The number of esters is 4. The molecule has 1 aromatic heterocycles. The van der Waals surface area contributed by atoms with Crippen molar-refractivity contribution in [2.75, 3.05) is 0 Å². The fourth-order valence-electron chi connectivity index (χ4n) is 5.89. The van der Waals surface area contributed by atoms with E-state index in [0.29, 0.717) is 72.2 Å². The van der Waals surface area contributed by atoms with Gasteiger partial charge in [-0.05, 0) is 67.2 Å². The van der Waals surface area contributed by atoms with E-state index in [2.05, 4.69) is 83.1 Å². The highest BCUT2D eigenvalue weighted by Crippen LogP contribution is 2.35. The number of aryl methyl sites for hydroxylation is 1. The maximum Gasteiger partial charge on any atom is 0.519 e. The summed E-state index contributed by atoms with van der Waals surface area (Å²) < 4.78 is 29.8. The lowest BCUT2D eigenvalue weighted by atomic mass is 9.94. The van der Waals surface area contributed by atoms with E-state index in [1.807, 2.05) is 43.3 Å². The number of hydrogen-bond acceptors (Lipinski definition) is 11. The van der Waals surface area contributed by atoms with Crippen molar-refractivity contribution in [3.05, 3.63) is 92.5 Å². The SMILES string of the molecule is C.CC(C)C(C)C1=CCC(=O)O1.CC(C)C1OC(=O)c2ccccc21.CC(C)CC1=CCC(=O)O1.CC1=C(C(C)C(C)C)OC(=O)C1.Cc1oc(=O)oc1CC(C)C. The number of benzene rings is 1. The van der Waals surface area contributed by atoms with E-state index in [1.165, 1.54) is 0 Å². The Balaban J connectivity index is 0.000000362. The molecule has 0 bridgehead atoms. The topological polar surface area (TPSA) is 149 Å². The number of carbonyl (C=O) groups is 4. The summed E-state index contributed by atoms with van der Waals surface area (Å²) in [5.74, 6) is 5.92. The maximum atomic E-state index is 11.4. The third-order valence-corrected chi connectivity index (χ3v) is 9.72. The van der Waals surface area contributed by atoms with E-state index in [0.717, 1.165) is 46.8 Å². The summed E-state index contributed by atoms with van der Waals surface area (Å²) in [6.45, 7) is 28.8. The predicted molar refractivity (Wildman–Crippen MR) is 225 cm³/mol. The van der Waals surface area contributed by atoms with Crippen LogP contribution in [0.1, 0.15) is 157 Å². The fraction of sp³-hybridized carbons (Fsp3) is 0.596. The monoisotopic (exact) mass is 810 g/mol. The molecule has 0 saturated carbocycles. The largest absolute Gasteiger partial charge is 0.519 e. The van der Waals surface area contributed by atoms with Crippen LogP contribution >= 0.6 is 0 Å². The second-order valence-electron chi connectivity index (χ2n) is 16.8. The average Bonchev–Trinajstić information content (AvgIpc) is 3.95. The highest BCUT2D eigenvalue weighted by Gasteiger charge is 2.32. The lowest BCUT2D eigenvalue weighted by molar-refractivity contribution is -0.138. The van der Waals surface area contributed by atoms with Gasteiger partial charge in [0.15, 0.2) is 0 Å². The molecule has 0 spiro atoms. The van der Waals surface area contributed by atoms with Crippen molar-refractivity contribution in [3.63, 3.8) is 0 Å². The molecule has 11 nitrogen and oxygen atoms in total. The van der Waals surface area contributed by atoms with Gasteiger partial charge in [-0.25, -0.2) is 9.59 Å². The molecule has 0 amide bonds. The number of carbonyl (C=O) groups excluding carboxylic acids is 4. The van der Waals surface area contributed by atoms with Gasteiger partial charge in [0, 0.05) is 30.2 Å². The van der Waals surface area contributed by atoms with Crippen LogP contribution in [-0.2, 0) is 39.8 Å². The van der Waals surface area contributed by atoms with Gasteiger partial charge < -0.3 is 27.8 Å². The minimum atomic E-state index is -0.599. The van der Waals surface area contributed by atoms with Crippen LogP contribution in [0.15, 0.2) is 72.9 Å². The number of hydrogen-bond donors (Lipinski definition) is 0. The van der Waals surface area contributed by atoms with Gasteiger partial charge in [0.2, 0.25) is 0 Å². The number of allylic oxidation sites excluding steroid dienone is 3. The van der Waals surface area contributed by atoms with E-state index >= 15 is 0 Å². The van der Waals surface area contributed by atoms with Crippen LogP contribution in [0, 0.1) is 48.3 Å². The summed E-state index contributed by atoms with van der Waals surface area (Å²) >= 11 is 0. The van der Waals surface area contributed by atoms with Crippen molar-refractivity contribution >= 4 is 23.9 Å². The van der Waals surface area contributed by atoms with Crippen molar-refractivity contribution < 1.29 is 47.0 Å². The molecule has 0 radical (unpaired) electrons. The summed E-state index contributed by atoms with van der Waals surface area (Å²) in [7, 11) is 0. The Morgan fingerprint density at radius 3 is 1.66 bits per heavy atom. The molecule has 0 N–H and O–H groups in total. The molecule has 324 valence electrons. The van der Waals surface area contributed by atoms with Crippen LogP contribution < -0.4 is 5.82 Å². The van der Waals surface area contributed by atoms with Crippen LogP contribution in [0.2, 0.25) is 0 Å². The molecule has 0 aliphatic carbocycles. The van der Waals surface area contributed by atoms with Gasteiger partial charge in [-0.2, -0.15) is 0 Å². The zero-order valence-electron chi connectivity index (χ0n) is 36.6. The number of ether oxygens (including phenoxy) is 4. The highest BCUT2D eigenvalue weighted by molar-refractivity contribution is 5.94. The van der Waals surface area contributed by atoms with Crippen molar-refractivity contribution in [2.45, 2.75) is 143 Å². The van der Waals surface area contributed by atoms with E-state index in [9.17, 15) is 24.0 Å². The third-order valence-electron chi connectivity index (χ3n) is 9.72. The van der Waals surface area contributed by atoms with Crippen molar-refractivity contribution in [1.82, 2.24) is 0 Å². The standard InChI is InChI=1S/C11H12O2.C10H16O2.C9H14O2.C8H12O3.C8H12O2.CH4/c1-7(2)10-8-5-3-4-6-9(8)11(12)13-10;1-6(2)8(4)10-7(3)5-9(11)12-10;1-6(2)7(3)8-4-5-9(10)11-8;1-5(2)4-7-6(3)10-8(9)11-7;1-6(2)5-7-3-4-8(9)10-7;/h3-7,10H,1-2H3;6,8H,5H2,1-4H3;4,6-7H,5H2,1-3H3;5H,4H2,1-3H3;3,6H,4-5H2,1-2H3;1H4. The predicted octanol–water partition coefficient (Wildman–Crippen LogP) is 11.4. The molecule has 58 heavy (non-hydrogen) atoms. The Morgan fingerprint density at radius 2 is 1.22 bits per heavy atom. The van der Waals surface area contributed by atoms with Gasteiger partial charge >= 0.3 is 29.7 Å². The number of fused-ring (bicyclic) bond motifs is 1. The van der Waals surface area contributed by atoms with E-state index in [4.69, 9.17) is 27.8 Å². The summed E-state index contributed by atoms with van der Waals surface area (Å²) in [6.07, 6.45) is 6.73. The average molecular weight is 811 g/mol. The molecule has 1 aromatic carbocycles. The molecule has 5 heterocycles. The lowest BCUT2D eigenvalue weighted by Crippen LogP contribution is -2.09. The van der Waals surface area contributed by atoms with Crippen LogP contribution in [-0.4, -0.2) is 23.9 Å². The smallest absolute Gasteiger partial charge is 0.454 e. The molecule has 0 saturated heterocycles. The van der Waals surface area contributed by atoms with Crippen LogP contribution in [0.3, 0.4) is 0 Å². The molecule has 3 unspecified atom stereocenters. The Hall–Kier alpha value is -4.67. The molecule has 4 aliphatic heterocycles. The molecule has 2 aromatic rings. The van der Waals surface area contributed by atoms with Gasteiger partial charge in [-0.3, -0.25) is 14.4 Å². The molecular weight excluding hydrogens is 741 g/mol. The molecule has 6 rings (SSSR count). The first-order chi connectivity index (χ1) is 26.6. The third kappa shape index (κ3) is 16.7. The van der Waals surface area contributed by atoms with E-state index in [1.54, 1.807) is 6.92 Å². The van der Waals surface area contributed by atoms with Crippen molar-refractivity contribution in [3.8, 4) is 0 Å². The number of cyclic esters (lactones) is 4. The first-order valence-corrected chi connectivity index (χ1v) is 20.2. The minimum absolute atomic E-state index is 0. The van der Waals surface area contributed by atoms with Crippen molar-refractivity contribution in [1.29, 1.82) is 0 Å².